The van der Waals surface area contributed by atoms with Gasteiger partial charge in [0.2, 0.25) is 0 Å². The van der Waals surface area contributed by atoms with Crippen molar-refractivity contribution in [2.75, 3.05) is 11.1 Å². The third kappa shape index (κ3) is 2.17. The quantitative estimate of drug-likeness (QED) is 0.634. The van der Waals surface area contributed by atoms with Gasteiger partial charge in [-0.05, 0) is 29.8 Å². The maximum Gasteiger partial charge on any atom is 0.0992 e. The Labute approximate surface area is 116 Å². The van der Waals surface area contributed by atoms with E-state index in [1.807, 2.05) is 24.4 Å². The van der Waals surface area contributed by atoms with Crippen LogP contribution in [0.4, 0.5) is 11.4 Å². The van der Waals surface area contributed by atoms with Crippen molar-refractivity contribution in [1.29, 1.82) is 5.26 Å². The summed E-state index contributed by atoms with van der Waals surface area (Å²) in [6.07, 6.45) is 1.99. The molecule has 98 valence electrons. The summed E-state index contributed by atoms with van der Waals surface area (Å²) in [5.74, 6) is 0. The predicted octanol–water partition coefficient (Wildman–Crippen LogP) is 3.23. The average molecular weight is 262 g/mol. The van der Waals surface area contributed by atoms with Crippen molar-refractivity contribution in [2.45, 2.75) is 6.54 Å². The van der Waals surface area contributed by atoms with E-state index < -0.39 is 0 Å². The smallest absolute Gasteiger partial charge is 0.0992 e. The summed E-state index contributed by atoms with van der Waals surface area (Å²) in [5.41, 5.74) is 10.2. The van der Waals surface area contributed by atoms with Gasteiger partial charge in [-0.15, -0.1) is 0 Å². The van der Waals surface area contributed by atoms with Gasteiger partial charge in [0.05, 0.1) is 23.0 Å². The van der Waals surface area contributed by atoms with Gasteiger partial charge >= 0.3 is 0 Å². The molecule has 0 spiro atoms. The van der Waals surface area contributed by atoms with Crippen molar-refractivity contribution in [1.82, 2.24) is 4.98 Å². The SMILES string of the molecule is N#Cc1ccc(N)c(NCc2c[nH]c3ccccc23)c1. The number of nitrogens with one attached hydrogen (secondary N) is 2. The molecule has 0 bridgehead atoms. The van der Waals surface area contributed by atoms with Crippen LogP contribution in [-0.2, 0) is 6.54 Å². The third-order valence-corrected chi connectivity index (χ3v) is 3.33. The number of nitrogen functional groups attached to an aromatic ring is 1. The summed E-state index contributed by atoms with van der Waals surface area (Å²) in [6.45, 7) is 0.656. The molecule has 0 atom stereocenters. The minimum atomic E-state index is 0.598. The Morgan fingerprint density at radius 3 is 2.90 bits per heavy atom. The van der Waals surface area contributed by atoms with Crippen LogP contribution in [0.15, 0.2) is 48.7 Å². The van der Waals surface area contributed by atoms with Crippen molar-refractivity contribution in [2.24, 2.45) is 0 Å². The fraction of sp³-hybridized carbons (Fsp3) is 0.0625. The molecule has 20 heavy (non-hydrogen) atoms. The second kappa shape index (κ2) is 4.98. The zero-order valence-electron chi connectivity index (χ0n) is 10.9. The lowest BCUT2D eigenvalue weighted by molar-refractivity contribution is 1.16. The Morgan fingerprint density at radius 2 is 2.05 bits per heavy atom. The van der Waals surface area contributed by atoms with Crippen LogP contribution < -0.4 is 11.1 Å². The highest BCUT2D eigenvalue weighted by Crippen LogP contribution is 2.23. The van der Waals surface area contributed by atoms with Gasteiger partial charge in [-0.3, -0.25) is 0 Å². The Kier molecular flexibility index (Phi) is 3.02. The van der Waals surface area contributed by atoms with Gasteiger partial charge in [0.25, 0.3) is 0 Å². The maximum absolute atomic E-state index is 8.92. The molecule has 1 heterocycles. The molecule has 0 aliphatic carbocycles. The molecule has 0 aliphatic heterocycles. The van der Waals surface area contributed by atoms with Gasteiger partial charge < -0.3 is 16.0 Å². The number of rotatable bonds is 3. The Hall–Kier alpha value is -2.93. The molecule has 3 rings (SSSR count). The van der Waals surface area contributed by atoms with E-state index in [4.69, 9.17) is 11.0 Å². The van der Waals surface area contributed by atoms with E-state index in [1.54, 1.807) is 18.2 Å². The van der Waals surface area contributed by atoms with E-state index in [-0.39, 0.29) is 0 Å². The second-order valence-electron chi connectivity index (χ2n) is 4.63. The summed E-state index contributed by atoms with van der Waals surface area (Å²) < 4.78 is 0. The number of fused-ring (bicyclic) bond motifs is 1. The first-order valence-corrected chi connectivity index (χ1v) is 6.36. The zero-order valence-corrected chi connectivity index (χ0v) is 10.9. The molecule has 4 N–H and O–H groups in total. The van der Waals surface area contributed by atoms with Crippen LogP contribution >= 0.6 is 0 Å². The van der Waals surface area contributed by atoms with Crippen molar-refractivity contribution < 1.29 is 0 Å². The van der Waals surface area contributed by atoms with E-state index in [0.29, 0.717) is 17.8 Å². The van der Waals surface area contributed by atoms with Crippen LogP contribution in [0.2, 0.25) is 0 Å². The highest BCUT2D eigenvalue weighted by molar-refractivity contribution is 5.83. The van der Waals surface area contributed by atoms with E-state index in [9.17, 15) is 0 Å². The van der Waals surface area contributed by atoms with Gasteiger partial charge in [-0.2, -0.15) is 5.26 Å². The molecule has 0 radical (unpaired) electrons. The molecular weight excluding hydrogens is 248 g/mol. The van der Waals surface area contributed by atoms with Crippen molar-refractivity contribution >= 4 is 22.3 Å². The number of benzene rings is 2. The summed E-state index contributed by atoms with van der Waals surface area (Å²) in [6, 6.07) is 15.5. The second-order valence-corrected chi connectivity index (χ2v) is 4.63. The first-order chi connectivity index (χ1) is 9.78. The number of anilines is 2. The number of hydrogen-bond donors (Lipinski definition) is 3. The summed E-state index contributed by atoms with van der Waals surface area (Å²) in [7, 11) is 0. The molecule has 4 nitrogen and oxygen atoms in total. The number of hydrogen-bond acceptors (Lipinski definition) is 3. The Morgan fingerprint density at radius 1 is 1.20 bits per heavy atom. The van der Waals surface area contributed by atoms with Crippen molar-refractivity contribution in [3.8, 4) is 6.07 Å². The lowest BCUT2D eigenvalue weighted by atomic mass is 10.1. The molecule has 0 saturated carbocycles. The maximum atomic E-state index is 8.92. The fourth-order valence-corrected chi connectivity index (χ4v) is 2.25. The predicted molar refractivity (Wildman–Crippen MR) is 81.2 cm³/mol. The monoisotopic (exact) mass is 262 g/mol. The number of H-pyrrole nitrogens is 1. The molecule has 0 fully saturated rings. The minimum Gasteiger partial charge on any atom is -0.397 e. The molecule has 0 amide bonds. The molecule has 0 aliphatic rings. The van der Waals surface area contributed by atoms with Gasteiger partial charge in [0, 0.05) is 23.6 Å². The van der Waals surface area contributed by atoms with Crippen LogP contribution in [0.25, 0.3) is 10.9 Å². The number of para-hydroxylation sites is 1. The average Bonchev–Trinajstić information content (AvgIpc) is 2.90. The lowest BCUT2D eigenvalue weighted by Crippen LogP contribution is -2.02. The topological polar surface area (TPSA) is 77.6 Å². The van der Waals surface area contributed by atoms with Gasteiger partial charge in [-0.1, -0.05) is 18.2 Å². The van der Waals surface area contributed by atoms with Gasteiger partial charge in [0.15, 0.2) is 0 Å². The normalized spacial score (nSPS) is 10.3. The summed E-state index contributed by atoms with van der Waals surface area (Å²) >= 11 is 0. The Balaban J connectivity index is 1.85. The fourth-order valence-electron chi connectivity index (χ4n) is 2.25. The largest absolute Gasteiger partial charge is 0.397 e. The van der Waals surface area contributed by atoms with Crippen LogP contribution in [0.5, 0.6) is 0 Å². The molecule has 0 unspecified atom stereocenters. The summed E-state index contributed by atoms with van der Waals surface area (Å²) in [5, 5.41) is 13.4. The van der Waals surface area contributed by atoms with Crippen LogP contribution in [0, 0.1) is 11.3 Å². The molecule has 2 aromatic carbocycles. The lowest BCUT2D eigenvalue weighted by Gasteiger charge is -2.09. The van der Waals surface area contributed by atoms with Crippen molar-refractivity contribution in [3.05, 3.63) is 59.8 Å². The highest BCUT2D eigenvalue weighted by atomic mass is 14.9. The number of nitriles is 1. The van der Waals surface area contributed by atoms with Crippen molar-refractivity contribution in [3.63, 3.8) is 0 Å². The number of nitrogens with zero attached hydrogens (tertiary/aromatic N) is 1. The standard InChI is InChI=1S/C16H14N4/c17-8-11-5-6-14(18)16(7-11)20-10-12-9-19-15-4-2-1-3-13(12)15/h1-7,9,19-20H,10,18H2. The summed E-state index contributed by atoms with van der Waals surface area (Å²) in [4.78, 5) is 3.24. The first kappa shape index (κ1) is 12.1. The molecular formula is C16H14N4. The zero-order chi connectivity index (χ0) is 13.9. The number of nitrogens with two attached hydrogens (primary N) is 1. The van der Waals surface area contributed by atoms with E-state index in [1.165, 1.54) is 10.9 Å². The molecule has 0 saturated heterocycles. The highest BCUT2D eigenvalue weighted by Gasteiger charge is 2.04. The Bertz CT molecular complexity index is 796. The van der Waals surface area contributed by atoms with Crippen LogP contribution in [0.3, 0.4) is 0 Å². The first-order valence-electron chi connectivity index (χ1n) is 6.36. The van der Waals surface area contributed by atoms with E-state index in [0.717, 1.165) is 11.2 Å². The van der Waals surface area contributed by atoms with E-state index in [2.05, 4.69) is 22.4 Å². The van der Waals surface area contributed by atoms with Crippen LogP contribution in [0.1, 0.15) is 11.1 Å². The van der Waals surface area contributed by atoms with Gasteiger partial charge in [-0.25, -0.2) is 0 Å². The minimum absolute atomic E-state index is 0.598. The molecule has 3 aromatic rings. The molecule has 4 heteroatoms. The number of aromatic nitrogens is 1. The molecule has 1 aromatic heterocycles. The van der Waals surface area contributed by atoms with Crippen LogP contribution in [-0.4, -0.2) is 4.98 Å². The number of aromatic amines is 1. The van der Waals surface area contributed by atoms with Gasteiger partial charge in [0.1, 0.15) is 0 Å². The third-order valence-electron chi connectivity index (χ3n) is 3.33. The van der Waals surface area contributed by atoms with E-state index >= 15 is 0 Å².